The molecule has 0 unspecified atom stereocenters. The number of carbonyl (C=O) groups excluding carboxylic acids is 2. The zero-order chi connectivity index (χ0) is 18.8. The second-order valence-electron chi connectivity index (χ2n) is 6.22. The van der Waals surface area contributed by atoms with E-state index in [1.807, 2.05) is 0 Å². The Balaban J connectivity index is 1.66. The first-order valence-electron chi connectivity index (χ1n) is 8.14. The Kier molecular flexibility index (Phi) is 5.49. The van der Waals surface area contributed by atoms with Crippen LogP contribution in [-0.2, 0) is 0 Å². The molecule has 1 aliphatic heterocycles. The summed E-state index contributed by atoms with van der Waals surface area (Å²) in [6.45, 7) is 0.766. The Bertz CT molecular complexity index is 847. The van der Waals surface area contributed by atoms with E-state index in [4.69, 9.17) is 23.2 Å². The lowest BCUT2D eigenvalue weighted by Crippen LogP contribution is -2.40. The van der Waals surface area contributed by atoms with Gasteiger partial charge in [-0.25, -0.2) is 4.39 Å². The first kappa shape index (κ1) is 18.7. The molecule has 4 nitrogen and oxygen atoms in total. The molecule has 136 valence electrons. The monoisotopic (exact) mass is 395 g/mol. The molecule has 1 N–H and O–H groups in total. The van der Waals surface area contributed by atoms with Gasteiger partial charge in [-0.15, -0.1) is 0 Å². The van der Waals surface area contributed by atoms with Crippen molar-refractivity contribution < 1.29 is 19.1 Å². The number of nitrogens with zero attached hydrogens (tertiary/aromatic N) is 1. The number of halogens is 3. The van der Waals surface area contributed by atoms with Gasteiger partial charge < -0.3 is 10.0 Å². The quantitative estimate of drug-likeness (QED) is 0.611. The highest BCUT2D eigenvalue weighted by Gasteiger charge is 2.29. The molecule has 0 spiro atoms. The van der Waals surface area contributed by atoms with Gasteiger partial charge in [0.15, 0.2) is 5.78 Å². The molecule has 0 saturated carbocycles. The summed E-state index contributed by atoms with van der Waals surface area (Å²) < 4.78 is 13.6. The van der Waals surface area contributed by atoms with Crippen LogP contribution in [0, 0.1) is 11.7 Å². The van der Waals surface area contributed by atoms with Crippen LogP contribution in [0.25, 0.3) is 0 Å². The molecule has 0 radical (unpaired) electrons. The van der Waals surface area contributed by atoms with Crippen molar-refractivity contribution in [2.24, 2.45) is 5.92 Å². The van der Waals surface area contributed by atoms with Gasteiger partial charge in [0.05, 0.1) is 15.6 Å². The van der Waals surface area contributed by atoms with Crippen molar-refractivity contribution in [2.45, 2.75) is 12.8 Å². The predicted octanol–water partition coefficient (Wildman–Crippen LogP) is 4.57. The van der Waals surface area contributed by atoms with Crippen molar-refractivity contribution in [1.29, 1.82) is 0 Å². The smallest absolute Gasteiger partial charge is 0.255 e. The largest absolute Gasteiger partial charge is 0.508 e. The number of likely N-dealkylation sites (tertiary alicyclic amines) is 1. The summed E-state index contributed by atoms with van der Waals surface area (Å²) in [4.78, 5) is 26.7. The standard InChI is InChI=1S/C19H16Cl2FNO3/c20-15-10-16(21)17(22)9-14(15)19(26)23-7-5-12(6-8-23)18(25)11-1-3-13(24)4-2-11/h1-4,9-10,12,24H,5-8H2. The Hall–Kier alpha value is -2.11. The lowest BCUT2D eigenvalue weighted by atomic mass is 9.88. The molecule has 0 bridgehead atoms. The van der Waals surface area contributed by atoms with E-state index in [-0.39, 0.29) is 39.0 Å². The van der Waals surface area contributed by atoms with Crippen LogP contribution in [0.4, 0.5) is 4.39 Å². The van der Waals surface area contributed by atoms with Crippen molar-refractivity contribution in [2.75, 3.05) is 13.1 Å². The summed E-state index contributed by atoms with van der Waals surface area (Å²) in [5.74, 6) is -1.17. The highest BCUT2D eigenvalue weighted by Crippen LogP contribution is 2.28. The summed E-state index contributed by atoms with van der Waals surface area (Å²) >= 11 is 11.7. The van der Waals surface area contributed by atoms with E-state index in [0.717, 1.165) is 6.07 Å². The number of benzene rings is 2. The lowest BCUT2D eigenvalue weighted by molar-refractivity contribution is 0.0650. The fourth-order valence-corrected chi connectivity index (χ4v) is 3.53. The number of Topliss-reactive ketones (excluding diaryl/α,β-unsaturated/α-hetero) is 1. The number of aromatic hydroxyl groups is 1. The maximum Gasteiger partial charge on any atom is 0.255 e. The molecule has 7 heteroatoms. The van der Waals surface area contributed by atoms with Gasteiger partial charge in [0.25, 0.3) is 5.91 Å². The van der Waals surface area contributed by atoms with Gasteiger partial charge in [-0.05, 0) is 49.2 Å². The molecule has 1 fully saturated rings. The molecule has 2 aromatic rings. The van der Waals surface area contributed by atoms with Gasteiger partial charge >= 0.3 is 0 Å². The number of hydrogen-bond donors (Lipinski definition) is 1. The molecule has 0 aliphatic carbocycles. The number of ketones is 1. The van der Waals surface area contributed by atoms with Crippen LogP contribution >= 0.6 is 23.2 Å². The van der Waals surface area contributed by atoms with Gasteiger partial charge in [-0.2, -0.15) is 0 Å². The topological polar surface area (TPSA) is 57.6 Å². The molecule has 1 amide bonds. The molecule has 3 rings (SSSR count). The van der Waals surface area contributed by atoms with E-state index in [9.17, 15) is 19.1 Å². The first-order valence-corrected chi connectivity index (χ1v) is 8.89. The van der Waals surface area contributed by atoms with E-state index in [2.05, 4.69) is 0 Å². The van der Waals surface area contributed by atoms with E-state index in [0.29, 0.717) is 31.5 Å². The van der Waals surface area contributed by atoms with Crippen molar-refractivity contribution >= 4 is 34.9 Å². The Morgan fingerprint density at radius 2 is 1.65 bits per heavy atom. The van der Waals surface area contributed by atoms with Crippen molar-refractivity contribution in [3.63, 3.8) is 0 Å². The summed E-state index contributed by atoms with van der Waals surface area (Å²) in [5, 5.41) is 9.28. The third-order valence-electron chi connectivity index (χ3n) is 4.55. The fourth-order valence-electron chi connectivity index (χ4n) is 3.06. The maximum absolute atomic E-state index is 13.6. The third kappa shape index (κ3) is 3.84. The van der Waals surface area contributed by atoms with Gasteiger partial charge in [-0.3, -0.25) is 9.59 Å². The fraction of sp³-hybridized carbons (Fsp3) is 0.263. The molecule has 1 heterocycles. The van der Waals surface area contributed by atoms with Gasteiger partial charge in [0.1, 0.15) is 11.6 Å². The maximum atomic E-state index is 13.6. The van der Waals surface area contributed by atoms with E-state index in [1.165, 1.54) is 18.2 Å². The first-order chi connectivity index (χ1) is 12.4. The summed E-state index contributed by atoms with van der Waals surface area (Å²) in [6.07, 6.45) is 1.03. The lowest BCUT2D eigenvalue weighted by Gasteiger charge is -2.31. The third-order valence-corrected chi connectivity index (χ3v) is 5.15. The predicted molar refractivity (Wildman–Crippen MR) is 97.5 cm³/mol. The number of carbonyl (C=O) groups is 2. The number of piperidine rings is 1. The minimum Gasteiger partial charge on any atom is -0.508 e. The van der Waals surface area contributed by atoms with Crippen LogP contribution in [0.1, 0.15) is 33.6 Å². The molecule has 1 aliphatic rings. The van der Waals surface area contributed by atoms with E-state index >= 15 is 0 Å². The van der Waals surface area contributed by atoms with Crippen LogP contribution in [0.3, 0.4) is 0 Å². The minimum absolute atomic E-state index is 0.00679. The SMILES string of the molecule is O=C(c1ccc(O)cc1)C1CCN(C(=O)c2cc(F)c(Cl)cc2Cl)CC1. The van der Waals surface area contributed by atoms with E-state index in [1.54, 1.807) is 17.0 Å². The molecule has 26 heavy (non-hydrogen) atoms. The van der Waals surface area contributed by atoms with Crippen LogP contribution in [-0.4, -0.2) is 34.8 Å². The molecule has 2 aromatic carbocycles. The number of hydrogen-bond acceptors (Lipinski definition) is 3. The second kappa shape index (κ2) is 7.64. The number of amides is 1. The van der Waals surface area contributed by atoms with Gasteiger partial charge in [-0.1, -0.05) is 23.2 Å². The van der Waals surface area contributed by atoms with Crippen LogP contribution in [0.2, 0.25) is 10.0 Å². The number of phenolic OH excluding ortho intramolecular Hbond substituents is 1. The van der Waals surface area contributed by atoms with Crippen LogP contribution in [0.5, 0.6) is 5.75 Å². The summed E-state index contributed by atoms with van der Waals surface area (Å²) in [5.41, 5.74) is 0.604. The minimum atomic E-state index is -0.697. The summed E-state index contributed by atoms with van der Waals surface area (Å²) in [7, 11) is 0. The zero-order valence-electron chi connectivity index (χ0n) is 13.7. The van der Waals surface area contributed by atoms with Gasteiger partial charge in [0, 0.05) is 24.6 Å². The van der Waals surface area contributed by atoms with Crippen LogP contribution in [0.15, 0.2) is 36.4 Å². The highest BCUT2D eigenvalue weighted by atomic mass is 35.5. The molecule has 0 aromatic heterocycles. The average Bonchev–Trinajstić information content (AvgIpc) is 2.64. The van der Waals surface area contributed by atoms with Crippen molar-refractivity contribution in [3.8, 4) is 5.75 Å². The van der Waals surface area contributed by atoms with Gasteiger partial charge in [0.2, 0.25) is 0 Å². The molecular weight excluding hydrogens is 380 g/mol. The second-order valence-corrected chi connectivity index (χ2v) is 7.04. The zero-order valence-corrected chi connectivity index (χ0v) is 15.2. The molecular formula is C19H16Cl2FNO3. The van der Waals surface area contributed by atoms with Crippen molar-refractivity contribution in [3.05, 3.63) is 63.4 Å². The molecule has 1 saturated heterocycles. The highest BCUT2D eigenvalue weighted by molar-refractivity contribution is 6.36. The number of rotatable bonds is 3. The number of phenols is 1. The Morgan fingerprint density at radius 3 is 2.27 bits per heavy atom. The Morgan fingerprint density at radius 1 is 1.04 bits per heavy atom. The van der Waals surface area contributed by atoms with Crippen molar-refractivity contribution in [1.82, 2.24) is 4.90 Å². The van der Waals surface area contributed by atoms with Crippen LogP contribution < -0.4 is 0 Å². The summed E-state index contributed by atoms with van der Waals surface area (Å²) in [6, 6.07) is 8.39. The van der Waals surface area contributed by atoms with E-state index < -0.39 is 5.82 Å². The Labute approximate surface area is 160 Å². The normalized spacial score (nSPS) is 15.1. The average molecular weight is 396 g/mol. The molecule has 0 atom stereocenters.